The minimum atomic E-state index is -1.01. The molecular weight excluding hydrogens is 167 g/mol. The molecule has 0 radical (unpaired) electrons. The van der Waals surface area contributed by atoms with Crippen LogP contribution in [0.4, 0.5) is 0 Å². The summed E-state index contributed by atoms with van der Waals surface area (Å²) in [6, 6.07) is 0. The lowest BCUT2D eigenvalue weighted by molar-refractivity contribution is -0.151. The lowest BCUT2D eigenvalue weighted by Gasteiger charge is -1.91. The smallest absolute Gasteiger partial charge is 0.333 e. The van der Waals surface area contributed by atoms with Gasteiger partial charge >= 0.3 is 11.9 Å². The van der Waals surface area contributed by atoms with E-state index in [0.717, 1.165) is 0 Å². The van der Waals surface area contributed by atoms with Crippen molar-refractivity contribution >= 4 is 35.1 Å². The number of halogens is 2. The second-order valence-electron chi connectivity index (χ2n) is 1.54. The first kappa shape index (κ1) is 6.83. The topological polar surface area (TPSA) is 43.4 Å². The first-order valence-corrected chi connectivity index (χ1v) is 3.04. The number of cyclic esters (lactones) is 2. The third-order valence-electron chi connectivity index (χ3n) is 0.908. The number of hydrogen-bond acceptors (Lipinski definition) is 3. The van der Waals surface area contributed by atoms with Gasteiger partial charge in [-0.2, -0.15) is 0 Å². The van der Waals surface area contributed by atoms with Gasteiger partial charge in [0.2, 0.25) is 0 Å². The number of hydrogen-bond donors (Lipinski definition) is 0. The Morgan fingerprint density at radius 1 is 1.11 bits per heavy atom. The van der Waals surface area contributed by atoms with Gasteiger partial charge < -0.3 is 4.74 Å². The van der Waals surface area contributed by atoms with Gasteiger partial charge in [0, 0.05) is 0 Å². The molecular formula is C4H2Cl2O3. The van der Waals surface area contributed by atoms with E-state index in [-0.39, 0.29) is 0 Å². The molecule has 0 bridgehead atoms. The van der Waals surface area contributed by atoms with E-state index in [9.17, 15) is 9.59 Å². The maximum Gasteiger partial charge on any atom is 0.333 e. The first-order valence-electron chi connectivity index (χ1n) is 2.16. The van der Waals surface area contributed by atoms with E-state index < -0.39 is 22.7 Å². The quantitative estimate of drug-likeness (QED) is 0.297. The van der Waals surface area contributed by atoms with E-state index in [1.807, 2.05) is 0 Å². The molecule has 1 rings (SSSR count). The van der Waals surface area contributed by atoms with E-state index in [1.54, 1.807) is 0 Å². The molecule has 5 heteroatoms. The van der Waals surface area contributed by atoms with Gasteiger partial charge in [0.15, 0.2) is 10.8 Å². The fourth-order valence-corrected chi connectivity index (χ4v) is 0.746. The second-order valence-corrected chi connectivity index (χ2v) is 2.48. The molecule has 1 fully saturated rings. The van der Waals surface area contributed by atoms with Crippen molar-refractivity contribution in [2.75, 3.05) is 0 Å². The summed E-state index contributed by atoms with van der Waals surface area (Å²) in [6.45, 7) is 0. The molecule has 0 aromatic rings. The molecule has 0 N–H and O–H groups in total. The molecule has 2 atom stereocenters. The molecule has 1 heterocycles. The molecule has 0 aromatic carbocycles. The predicted molar refractivity (Wildman–Crippen MR) is 30.4 cm³/mol. The van der Waals surface area contributed by atoms with Gasteiger partial charge in [-0.25, -0.2) is 9.59 Å². The van der Waals surface area contributed by atoms with Crippen molar-refractivity contribution in [1.29, 1.82) is 0 Å². The highest BCUT2D eigenvalue weighted by molar-refractivity contribution is 6.45. The van der Waals surface area contributed by atoms with Crippen LogP contribution in [0.3, 0.4) is 0 Å². The van der Waals surface area contributed by atoms with Crippen molar-refractivity contribution in [2.24, 2.45) is 0 Å². The highest BCUT2D eigenvalue weighted by atomic mass is 35.5. The number of esters is 2. The van der Waals surface area contributed by atoms with Gasteiger partial charge in [-0.05, 0) is 0 Å². The van der Waals surface area contributed by atoms with E-state index in [0.29, 0.717) is 0 Å². The van der Waals surface area contributed by atoms with E-state index >= 15 is 0 Å². The highest BCUT2D eigenvalue weighted by Gasteiger charge is 2.41. The Morgan fingerprint density at radius 2 is 1.44 bits per heavy atom. The molecule has 50 valence electrons. The number of carbonyl (C=O) groups excluding carboxylic acids is 2. The molecule has 1 aliphatic heterocycles. The third kappa shape index (κ3) is 1.02. The van der Waals surface area contributed by atoms with Crippen LogP contribution in [0.5, 0.6) is 0 Å². The summed E-state index contributed by atoms with van der Waals surface area (Å²) in [4.78, 5) is 20.7. The van der Waals surface area contributed by atoms with Crippen LogP contribution < -0.4 is 0 Å². The lowest BCUT2D eigenvalue weighted by atomic mass is 10.3. The number of alkyl halides is 2. The van der Waals surface area contributed by atoms with Crippen molar-refractivity contribution in [3.05, 3.63) is 0 Å². The Balaban J connectivity index is 2.77. The molecule has 0 unspecified atom stereocenters. The van der Waals surface area contributed by atoms with E-state index in [4.69, 9.17) is 23.2 Å². The zero-order valence-electron chi connectivity index (χ0n) is 4.14. The average molecular weight is 169 g/mol. The SMILES string of the molecule is O=C1OC(=O)[C@H](Cl)[C@H]1Cl. The van der Waals surface area contributed by atoms with Crippen LogP contribution >= 0.6 is 23.2 Å². The standard InChI is InChI=1S/C4H2Cl2O3/c5-1-2(6)4(8)9-3(1)7/h1-2H/t1-,2-/m1/s1. The molecule has 0 aromatic heterocycles. The summed E-state index contributed by atoms with van der Waals surface area (Å²) in [5.41, 5.74) is 0. The van der Waals surface area contributed by atoms with Gasteiger partial charge in [0.05, 0.1) is 0 Å². The van der Waals surface area contributed by atoms with Crippen LogP contribution in [0.1, 0.15) is 0 Å². The third-order valence-corrected chi connectivity index (χ3v) is 1.90. The largest absolute Gasteiger partial charge is 0.391 e. The summed E-state index contributed by atoms with van der Waals surface area (Å²) in [5.74, 6) is -1.52. The van der Waals surface area contributed by atoms with Gasteiger partial charge in [0.1, 0.15) is 0 Å². The Morgan fingerprint density at radius 3 is 1.56 bits per heavy atom. The van der Waals surface area contributed by atoms with E-state index in [1.165, 1.54) is 0 Å². The Hall–Kier alpha value is -0.280. The Labute approximate surface area is 60.9 Å². The van der Waals surface area contributed by atoms with Gasteiger partial charge in [-0.15, -0.1) is 23.2 Å². The normalized spacial score (nSPS) is 34.9. The molecule has 9 heavy (non-hydrogen) atoms. The maximum absolute atomic E-state index is 10.3. The van der Waals surface area contributed by atoms with Crippen molar-refractivity contribution < 1.29 is 14.3 Å². The predicted octanol–water partition coefficient (Wildman–Crippen LogP) is 0.285. The average Bonchev–Trinajstić information content (AvgIpc) is 1.98. The first-order chi connectivity index (χ1) is 4.13. The summed E-state index contributed by atoms with van der Waals surface area (Å²) in [7, 11) is 0. The van der Waals surface area contributed by atoms with Crippen LogP contribution in [-0.4, -0.2) is 22.7 Å². The molecule has 1 aliphatic rings. The van der Waals surface area contributed by atoms with Crippen molar-refractivity contribution in [1.82, 2.24) is 0 Å². The van der Waals surface area contributed by atoms with Crippen molar-refractivity contribution in [2.45, 2.75) is 10.8 Å². The van der Waals surface area contributed by atoms with Crippen LogP contribution in [0.15, 0.2) is 0 Å². The molecule has 3 nitrogen and oxygen atoms in total. The van der Waals surface area contributed by atoms with Crippen LogP contribution in [0.2, 0.25) is 0 Å². The minimum absolute atomic E-state index is 0.762. The fraction of sp³-hybridized carbons (Fsp3) is 0.500. The van der Waals surface area contributed by atoms with Crippen molar-refractivity contribution in [3.8, 4) is 0 Å². The fourth-order valence-electron chi connectivity index (χ4n) is 0.451. The van der Waals surface area contributed by atoms with Crippen molar-refractivity contribution in [3.63, 3.8) is 0 Å². The number of rotatable bonds is 0. The summed E-state index contributed by atoms with van der Waals surface area (Å²) < 4.78 is 4.04. The van der Waals surface area contributed by atoms with Gasteiger partial charge in [-0.3, -0.25) is 0 Å². The minimum Gasteiger partial charge on any atom is -0.391 e. The zero-order valence-corrected chi connectivity index (χ0v) is 5.65. The molecule has 0 amide bonds. The second kappa shape index (κ2) is 2.15. The maximum atomic E-state index is 10.3. The zero-order chi connectivity index (χ0) is 7.02. The monoisotopic (exact) mass is 168 g/mol. The molecule has 0 saturated carbocycles. The Kier molecular flexibility index (Phi) is 1.64. The highest BCUT2D eigenvalue weighted by Crippen LogP contribution is 2.20. The molecule has 1 saturated heterocycles. The van der Waals surface area contributed by atoms with Crippen LogP contribution in [-0.2, 0) is 14.3 Å². The lowest BCUT2D eigenvalue weighted by Crippen LogP contribution is -2.16. The van der Waals surface area contributed by atoms with Crippen LogP contribution in [0.25, 0.3) is 0 Å². The number of ether oxygens (including phenoxy) is 1. The Bertz CT molecular complexity index is 149. The summed E-state index contributed by atoms with van der Waals surface area (Å²) >= 11 is 10.6. The molecule has 0 spiro atoms. The molecule has 0 aliphatic carbocycles. The van der Waals surface area contributed by atoms with Crippen LogP contribution in [0, 0.1) is 0 Å². The summed E-state index contributed by atoms with van der Waals surface area (Å²) in [6.07, 6.45) is 0. The van der Waals surface area contributed by atoms with E-state index in [2.05, 4.69) is 4.74 Å². The van der Waals surface area contributed by atoms with Gasteiger partial charge in [-0.1, -0.05) is 0 Å². The van der Waals surface area contributed by atoms with Gasteiger partial charge in [0.25, 0.3) is 0 Å². The number of carbonyl (C=O) groups is 2. The summed E-state index contributed by atoms with van der Waals surface area (Å²) in [5, 5.41) is -2.03.